The van der Waals surface area contributed by atoms with Gasteiger partial charge in [0.2, 0.25) is 5.91 Å². The fourth-order valence-electron chi connectivity index (χ4n) is 7.62. The maximum absolute atomic E-state index is 15.1. The number of halogens is 1. The normalized spacial score (nSPS) is 33.6. The molecule has 14 heteroatoms. The van der Waals surface area contributed by atoms with E-state index in [0.29, 0.717) is 24.1 Å². The van der Waals surface area contributed by atoms with Gasteiger partial charge in [0.1, 0.15) is 15.4 Å². The molecule has 7 rings (SSSR count). The molecule has 1 spiro atoms. The summed E-state index contributed by atoms with van der Waals surface area (Å²) >= 11 is 9.24. The number of para-hydroxylation sites is 1. The Kier molecular flexibility index (Phi) is 8.69. The number of hydrogen-bond donors (Lipinski definition) is 6. The van der Waals surface area contributed by atoms with Gasteiger partial charge in [0.05, 0.1) is 11.0 Å². The van der Waals surface area contributed by atoms with Crippen molar-refractivity contribution in [2.75, 3.05) is 38.3 Å². The number of aliphatic hydroxyl groups is 1. The number of ketones is 1. The van der Waals surface area contributed by atoms with Crippen LogP contribution in [-0.2, 0) is 26.2 Å². The molecule has 4 unspecified atom stereocenters. The maximum atomic E-state index is 15.1. The Morgan fingerprint density at radius 3 is 2.57 bits per heavy atom. The molecule has 2 bridgehead atoms. The van der Waals surface area contributed by atoms with E-state index in [1.165, 1.54) is 38.6 Å². The van der Waals surface area contributed by atoms with Crippen molar-refractivity contribution in [1.29, 1.82) is 0 Å². The maximum Gasteiger partial charge on any atom is 0.251 e. The number of carbonyl (C=O) groups is 3. The zero-order valence-corrected chi connectivity index (χ0v) is 30.7. The first-order valence-electron chi connectivity index (χ1n) is 15.6. The molecule has 2 aromatic rings. The summed E-state index contributed by atoms with van der Waals surface area (Å²) in [6.45, 7) is 5.42. The van der Waals surface area contributed by atoms with Crippen molar-refractivity contribution in [3.05, 3.63) is 59.4 Å². The van der Waals surface area contributed by atoms with Gasteiger partial charge < -0.3 is 26.0 Å². The molecule has 47 heavy (non-hydrogen) atoms. The molecule has 1 aliphatic carbocycles. The Morgan fingerprint density at radius 1 is 1.17 bits per heavy atom. The fraction of sp³-hybridized carbons (Fsp3) is 0.545. The number of amides is 2. The SMILES string of the molecule is CN(C)C(C)(S)C(=O)NC(C)(S)CNc1ccc(F)cc1C[C@@]12c3ccccc3NC1CCC1C(=O)[C@]3(C)SS[C@]1(C(=O)N3C)[C@H]2O. The summed E-state index contributed by atoms with van der Waals surface area (Å²) < 4.78 is 13.7. The van der Waals surface area contributed by atoms with E-state index in [9.17, 15) is 19.5 Å². The number of thiol groups is 2. The number of nitrogens with zero attached hydrogens (tertiary/aromatic N) is 2. The van der Waals surface area contributed by atoms with Crippen LogP contribution in [0.2, 0.25) is 0 Å². The van der Waals surface area contributed by atoms with E-state index in [-0.39, 0.29) is 36.6 Å². The summed E-state index contributed by atoms with van der Waals surface area (Å²) in [5.41, 5.74) is 1.79. The summed E-state index contributed by atoms with van der Waals surface area (Å²) in [5, 5.41) is 22.8. The van der Waals surface area contributed by atoms with E-state index in [2.05, 4.69) is 28.6 Å². The van der Waals surface area contributed by atoms with Crippen molar-refractivity contribution in [1.82, 2.24) is 15.1 Å². The Bertz CT molecular complexity index is 1640. The first-order chi connectivity index (χ1) is 21.9. The molecule has 9 nitrogen and oxygen atoms in total. The molecule has 0 aromatic heterocycles. The number of rotatable bonds is 8. The molecular formula is C33H42FN5O4S4. The molecule has 4 fully saturated rings. The third-order valence-corrected chi connectivity index (χ3v) is 15.6. The second kappa shape index (κ2) is 11.8. The molecule has 8 atom stereocenters. The summed E-state index contributed by atoms with van der Waals surface area (Å²) in [5.74, 6) is -1.73. The number of likely N-dealkylation sites (N-methyl/N-ethyl adjacent to an activating group) is 2. The molecule has 254 valence electrons. The van der Waals surface area contributed by atoms with Crippen molar-refractivity contribution in [3.63, 3.8) is 0 Å². The number of carbonyl (C=O) groups excluding carboxylic acids is 3. The van der Waals surface area contributed by atoms with Crippen molar-refractivity contribution in [3.8, 4) is 0 Å². The highest BCUT2D eigenvalue weighted by molar-refractivity contribution is 8.78. The lowest BCUT2D eigenvalue weighted by atomic mass is 9.63. The van der Waals surface area contributed by atoms with Gasteiger partial charge in [0.15, 0.2) is 10.7 Å². The lowest BCUT2D eigenvalue weighted by molar-refractivity contribution is -0.158. The molecule has 4 N–H and O–H groups in total. The zero-order chi connectivity index (χ0) is 34.3. The molecule has 5 aliphatic rings. The van der Waals surface area contributed by atoms with Gasteiger partial charge in [0.25, 0.3) is 5.91 Å². The quantitative estimate of drug-likeness (QED) is 0.136. The predicted octanol–water partition coefficient (Wildman–Crippen LogP) is 4.14. The van der Waals surface area contributed by atoms with Gasteiger partial charge in [-0.25, -0.2) is 4.39 Å². The smallest absolute Gasteiger partial charge is 0.251 e. The highest BCUT2D eigenvalue weighted by Gasteiger charge is 2.75. The number of Topliss-reactive ketones (excluding diaryl/α,β-unsaturated/α-hetero) is 1. The van der Waals surface area contributed by atoms with Gasteiger partial charge in [-0.05, 0) is 89.5 Å². The minimum atomic E-state index is -1.41. The van der Waals surface area contributed by atoms with Crippen molar-refractivity contribution >= 4 is 75.8 Å². The van der Waals surface area contributed by atoms with Crippen LogP contribution < -0.4 is 16.0 Å². The lowest BCUT2D eigenvalue weighted by Crippen LogP contribution is -2.76. The summed E-state index contributed by atoms with van der Waals surface area (Å²) in [4.78, 5) is 41.5. The van der Waals surface area contributed by atoms with Crippen LogP contribution in [0.25, 0.3) is 0 Å². The zero-order valence-electron chi connectivity index (χ0n) is 27.3. The van der Waals surface area contributed by atoms with Crippen LogP contribution in [0.3, 0.4) is 0 Å². The molecule has 1 saturated carbocycles. The highest BCUT2D eigenvalue weighted by Crippen LogP contribution is 2.67. The first kappa shape index (κ1) is 34.8. The van der Waals surface area contributed by atoms with Crippen LogP contribution in [0.5, 0.6) is 0 Å². The molecule has 2 amide bonds. The molecule has 0 radical (unpaired) electrons. The Morgan fingerprint density at radius 2 is 1.87 bits per heavy atom. The monoisotopic (exact) mass is 719 g/mol. The molecule has 4 heterocycles. The summed E-state index contributed by atoms with van der Waals surface area (Å²) in [6.07, 6.45) is -0.130. The van der Waals surface area contributed by atoms with Gasteiger partial charge in [-0.3, -0.25) is 19.3 Å². The standard InChI is InChI=1S/C33H42FN5O4S4/c1-29(44,37-27(42)30(2,45)38(4)5)17-35-22-13-11-19(34)15-18(22)16-32-20-9-7-8-10-23(20)36-24(32)14-12-21-25(40)31(3)39(6)28(43)33(21,26(32)41)47-46-31/h7-11,13,15,21,24,26,35-36,41,44-45H,12,14,16-17H2,1-6H3,(H,37,42)/t21?,24?,26-,29?,30?,31-,32+,33-/m0/s1. The van der Waals surface area contributed by atoms with Gasteiger partial charge in [-0.15, -0.1) is 25.3 Å². The van der Waals surface area contributed by atoms with Crippen molar-refractivity contribution in [2.24, 2.45) is 5.92 Å². The number of anilines is 2. The Balaban J connectivity index is 1.40. The van der Waals surface area contributed by atoms with E-state index >= 15 is 4.39 Å². The third kappa shape index (κ3) is 5.19. The topological polar surface area (TPSA) is 114 Å². The number of fused-ring (bicyclic) bond motifs is 5. The summed E-state index contributed by atoms with van der Waals surface area (Å²) in [7, 11) is 7.82. The number of nitrogens with one attached hydrogen (secondary N) is 3. The van der Waals surface area contributed by atoms with Gasteiger partial charge in [-0.2, -0.15) is 0 Å². The van der Waals surface area contributed by atoms with Crippen LogP contribution in [0.4, 0.5) is 15.8 Å². The number of benzene rings is 2. The average molecular weight is 720 g/mol. The van der Waals surface area contributed by atoms with Crippen LogP contribution in [-0.4, -0.2) is 91.7 Å². The van der Waals surface area contributed by atoms with Crippen LogP contribution in [0.1, 0.15) is 44.7 Å². The number of aliphatic hydroxyl groups excluding tert-OH is 1. The van der Waals surface area contributed by atoms with Gasteiger partial charge in [-0.1, -0.05) is 39.8 Å². The van der Waals surface area contributed by atoms with E-state index in [1.807, 2.05) is 24.3 Å². The van der Waals surface area contributed by atoms with Gasteiger partial charge >= 0.3 is 0 Å². The lowest BCUT2D eigenvalue weighted by Gasteiger charge is -2.59. The van der Waals surface area contributed by atoms with Crippen molar-refractivity contribution in [2.45, 2.75) is 77.0 Å². The van der Waals surface area contributed by atoms with E-state index in [1.54, 1.807) is 52.9 Å². The van der Waals surface area contributed by atoms with E-state index < -0.39 is 42.6 Å². The first-order valence-corrected chi connectivity index (χ1v) is 18.7. The molecule has 2 aromatic carbocycles. The number of piperidine rings is 1. The van der Waals surface area contributed by atoms with Crippen LogP contribution in [0.15, 0.2) is 42.5 Å². The Labute approximate surface area is 294 Å². The largest absolute Gasteiger partial charge is 0.390 e. The minimum Gasteiger partial charge on any atom is -0.390 e. The number of hydrogen-bond acceptors (Lipinski definition) is 11. The predicted molar refractivity (Wildman–Crippen MR) is 194 cm³/mol. The van der Waals surface area contributed by atoms with Crippen LogP contribution >= 0.6 is 46.8 Å². The second-order valence-electron chi connectivity index (χ2n) is 14.0. The van der Waals surface area contributed by atoms with Gasteiger partial charge in [0, 0.05) is 42.3 Å². The van der Waals surface area contributed by atoms with E-state index in [4.69, 9.17) is 12.6 Å². The molecular weight excluding hydrogens is 678 g/mol. The minimum absolute atomic E-state index is 0.0411. The Hall–Kier alpha value is -2.10. The average Bonchev–Trinajstić information content (AvgIpc) is 3.27. The van der Waals surface area contributed by atoms with E-state index in [0.717, 1.165) is 11.3 Å². The van der Waals surface area contributed by atoms with Crippen molar-refractivity contribution < 1.29 is 23.9 Å². The third-order valence-electron chi connectivity index (χ3n) is 10.8. The molecule has 3 saturated heterocycles. The fourth-order valence-corrected chi connectivity index (χ4v) is 11.7. The van der Waals surface area contributed by atoms with Crippen LogP contribution in [0, 0.1) is 11.7 Å². The molecule has 4 aliphatic heterocycles. The summed E-state index contributed by atoms with van der Waals surface area (Å²) in [6, 6.07) is 11.9. The highest BCUT2D eigenvalue weighted by atomic mass is 33.1. The second-order valence-corrected chi connectivity index (χ2v) is 18.6.